The largest absolute Gasteiger partial charge is 0.244 e. The lowest BCUT2D eigenvalue weighted by Crippen LogP contribution is -2.02. The molecule has 3 heteroatoms. The second-order valence-electron chi connectivity index (χ2n) is 0.956. The quantitative estimate of drug-likeness (QED) is 0.301. The van der Waals surface area contributed by atoms with Crippen molar-refractivity contribution in [3.05, 3.63) is 0 Å². The van der Waals surface area contributed by atoms with Crippen LogP contribution in [0.25, 0.3) is 0 Å². The molecule has 0 aliphatic heterocycles. The van der Waals surface area contributed by atoms with Crippen molar-refractivity contribution in [2.24, 2.45) is 0 Å². The number of alkyl halides is 2. The number of rotatable bonds is 0. The Morgan fingerprint density at radius 3 is 2.00 bits per heavy atom. The molecule has 0 amide bonds. The highest BCUT2D eigenvalue weighted by molar-refractivity contribution is 14.1. The summed E-state index contributed by atoms with van der Waals surface area (Å²) >= 11 is 1.49. The molecule has 0 nitrogen and oxygen atoms in total. The molecule has 0 heterocycles. The van der Waals surface area contributed by atoms with Crippen LogP contribution in [0.15, 0.2) is 0 Å². The Kier molecular flexibility index (Phi) is 1.66. The van der Waals surface area contributed by atoms with Crippen molar-refractivity contribution < 1.29 is 4.39 Å². The Balaban J connectivity index is 3.02. The van der Waals surface area contributed by atoms with Gasteiger partial charge in [0.05, 0.1) is 0 Å². The normalized spacial score (nSPS) is 21.4. The minimum absolute atomic E-state index is 1.29. The van der Waals surface area contributed by atoms with Gasteiger partial charge in [-0.1, -0.05) is 22.6 Å². The van der Waals surface area contributed by atoms with E-state index in [-0.39, 0.29) is 0 Å². The summed E-state index contributed by atoms with van der Waals surface area (Å²) < 4.78 is 9.92. The first-order valence-corrected chi connectivity index (χ1v) is 2.25. The van der Waals surface area contributed by atoms with Gasteiger partial charge in [0.15, 0.2) is 0 Å². The van der Waals surface area contributed by atoms with Gasteiger partial charge >= 0.3 is 0 Å². The highest BCUT2D eigenvalue weighted by atomic mass is 127. The van der Waals surface area contributed by atoms with Crippen LogP contribution in [-0.2, 0) is 0 Å². The second kappa shape index (κ2) is 1.45. The van der Waals surface area contributed by atoms with E-state index in [0.717, 1.165) is 0 Å². The minimum atomic E-state index is -1.53. The molecule has 0 bridgehead atoms. The minimum Gasteiger partial charge on any atom is -0.244 e. The van der Waals surface area contributed by atoms with Crippen molar-refractivity contribution in [2.45, 2.75) is 10.5 Å². The summed E-state index contributed by atoms with van der Waals surface area (Å²) in [5.74, 6) is 0. The molecule has 0 saturated heterocycles. The molecule has 0 aromatic rings. The molecule has 2 radical (unpaired) electrons. The van der Waals surface area contributed by atoms with Crippen molar-refractivity contribution in [2.75, 3.05) is 0 Å². The predicted octanol–water partition coefficient (Wildman–Crippen LogP) is 1.23. The molecule has 0 aromatic heterocycles. The van der Waals surface area contributed by atoms with E-state index in [4.69, 9.17) is 0 Å². The van der Waals surface area contributed by atoms with E-state index < -0.39 is 3.57 Å². The van der Waals surface area contributed by atoms with E-state index >= 15 is 0 Å². The second-order valence-corrected chi connectivity index (χ2v) is 3.07. The molecule has 1 unspecified atom stereocenters. The standard InChI is InChI=1S/C2H3BFI/c1-2(3,4)5/h1H3. The Morgan fingerprint density at radius 2 is 2.00 bits per heavy atom. The fourth-order valence-corrected chi connectivity index (χ4v) is 0. The van der Waals surface area contributed by atoms with Gasteiger partial charge in [0.2, 0.25) is 0 Å². The van der Waals surface area contributed by atoms with Crippen molar-refractivity contribution >= 4 is 30.4 Å². The van der Waals surface area contributed by atoms with E-state index in [9.17, 15) is 4.39 Å². The van der Waals surface area contributed by atoms with Gasteiger partial charge in [0.1, 0.15) is 11.4 Å². The monoisotopic (exact) mass is 184 g/mol. The molecular weight excluding hydrogens is 181 g/mol. The summed E-state index contributed by atoms with van der Waals surface area (Å²) in [4.78, 5) is 0. The van der Waals surface area contributed by atoms with Gasteiger partial charge in [-0.25, -0.2) is 4.39 Å². The Bertz CT molecular complexity index is 25.1. The number of hydrogen-bond donors (Lipinski definition) is 0. The van der Waals surface area contributed by atoms with E-state index in [2.05, 4.69) is 7.85 Å². The predicted molar refractivity (Wildman–Crippen MR) is 29.3 cm³/mol. The lowest BCUT2D eigenvalue weighted by atomic mass is 10.1. The summed E-state index contributed by atoms with van der Waals surface area (Å²) in [6.45, 7) is 1.29. The van der Waals surface area contributed by atoms with Crippen molar-refractivity contribution in [3.63, 3.8) is 0 Å². The van der Waals surface area contributed by atoms with Gasteiger partial charge in [0, 0.05) is 0 Å². The van der Waals surface area contributed by atoms with Gasteiger partial charge in [-0.3, -0.25) is 0 Å². The lowest BCUT2D eigenvalue weighted by Gasteiger charge is -1.97. The van der Waals surface area contributed by atoms with Crippen LogP contribution in [0.1, 0.15) is 6.92 Å². The SMILES string of the molecule is [B]C(C)(F)I. The smallest absolute Gasteiger partial charge is 0.135 e. The zero-order chi connectivity index (χ0) is 4.50. The summed E-state index contributed by atoms with van der Waals surface area (Å²) in [7, 11) is 4.67. The highest BCUT2D eigenvalue weighted by Gasteiger charge is 2.04. The summed E-state index contributed by atoms with van der Waals surface area (Å²) in [5.41, 5.74) is 0. The maximum Gasteiger partial charge on any atom is 0.135 e. The summed E-state index contributed by atoms with van der Waals surface area (Å²) in [5, 5.41) is 0. The summed E-state index contributed by atoms with van der Waals surface area (Å²) in [6, 6.07) is 0. The maximum absolute atomic E-state index is 11.5. The zero-order valence-corrected chi connectivity index (χ0v) is 4.99. The average Bonchev–Trinajstić information content (AvgIpc) is 0.722. The van der Waals surface area contributed by atoms with E-state index in [1.54, 1.807) is 0 Å². The van der Waals surface area contributed by atoms with Gasteiger partial charge in [-0.2, -0.15) is 0 Å². The average molecular weight is 184 g/mol. The van der Waals surface area contributed by atoms with Crippen molar-refractivity contribution in [1.29, 1.82) is 0 Å². The van der Waals surface area contributed by atoms with E-state index in [0.29, 0.717) is 0 Å². The molecule has 0 spiro atoms. The first kappa shape index (κ1) is 5.72. The molecule has 0 saturated carbocycles. The van der Waals surface area contributed by atoms with Crippen LogP contribution in [0, 0.1) is 0 Å². The van der Waals surface area contributed by atoms with Gasteiger partial charge < -0.3 is 0 Å². The van der Waals surface area contributed by atoms with E-state index in [1.807, 2.05) is 0 Å². The first-order valence-electron chi connectivity index (χ1n) is 1.17. The molecular formula is C2H3BFI. The summed E-state index contributed by atoms with van der Waals surface area (Å²) in [6.07, 6.45) is 0. The van der Waals surface area contributed by atoms with Gasteiger partial charge in [-0.05, 0) is 6.92 Å². The first-order chi connectivity index (χ1) is 2.00. The van der Waals surface area contributed by atoms with Crippen molar-refractivity contribution in [1.82, 2.24) is 0 Å². The zero-order valence-electron chi connectivity index (χ0n) is 2.83. The number of hydrogen-bond acceptors (Lipinski definition) is 0. The topological polar surface area (TPSA) is 0 Å². The molecule has 0 aliphatic carbocycles. The molecule has 5 heavy (non-hydrogen) atoms. The molecule has 0 fully saturated rings. The van der Waals surface area contributed by atoms with Crippen LogP contribution in [-0.4, -0.2) is 11.4 Å². The molecule has 0 aromatic carbocycles. The molecule has 0 aliphatic rings. The fraction of sp³-hybridized carbons (Fsp3) is 1.00. The van der Waals surface area contributed by atoms with Gasteiger partial charge in [0.25, 0.3) is 0 Å². The van der Waals surface area contributed by atoms with Crippen LogP contribution >= 0.6 is 22.6 Å². The Hall–Kier alpha value is 0.725. The Labute approximate surface area is 45.7 Å². The number of halogens is 2. The van der Waals surface area contributed by atoms with Crippen LogP contribution in [0.3, 0.4) is 0 Å². The third kappa shape index (κ3) is 66.8. The third-order valence-electron chi connectivity index (χ3n) is 0. The van der Waals surface area contributed by atoms with Crippen LogP contribution in [0.2, 0.25) is 0 Å². The van der Waals surface area contributed by atoms with E-state index in [1.165, 1.54) is 29.5 Å². The van der Waals surface area contributed by atoms with Crippen LogP contribution in [0.5, 0.6) is 0 Å². The molecule has 0 rings (SSSR count). The van der Waals surface area contributed by atoms with Gasteiger partial charge in [-0.15, -0.1) is 0 Å². The Morgan fingerprint density at radius 1 is 2.00 bits per heavy atom. The van der Waals surface area contributed by atoms with Crippen LogP contribution < -0.4 is 0 Å². The third-order valence-corrected chi connectivity index (χ3v) is 0. The fourth-order valence-electron chi connectivity index (χ4n) is 0. The van der Waals surface area contributed by atoms with Crippen molar-refractivity contribution in [3.8, 4) is 0 Å². The molecule has 1 atom stereocenters. The highest BCUT2D eigenvalue weighted by Crippen LogP contribution is 2.11. The maximum atomic E-state index is 11.5. The van der Waals surface area contributed by atoms with Crippen LogP contribution in [0.4, 0.5) is 4.39 Å². The molecule has 28 valence electrons. The lowest BCUT2D eigenvalue weighted by molar-refractivity contribution is 0.454. The molecule has 0 N–H and O–H groups in total.